The highest BCUT2D eigenvalue weighted by Crippen LogP contribution is 2.26. The number of hydrogen-bond donors (Lipinski definition) is 2. The van der Waals surface area contributed by atoms with Crippen LogP contribution in [0.4, 0.5) is 5.69 Å². The summed E-state index contributed by atoms with van der Waals surface area (Å²) in [5.74, 6) is 0. The Kier molecular flexibility index (Phi) is 4.90. The van der Waals surface area contributed by atoms with Crippen molar-refractivity contribution >= 4 is 22.8 Å². The molecule has 3 rings (SSSR count). The van der Waals surface area contributed by atoms with Crippen molar-refractivity contribution in [1.82, 2.24) is 10.2 Å². The van der Waals surface area contributed by atoms with Crippen molar-refractivity contribution in [2.45, 2.75) is 36.4 Å². The molecule has 1 aromatic carbocycles. The van der Waals surface area contributed by atoms with E-state index in [9.17, 15) is 9.00 Å². The van der Waals surface area contributed by atoms with Gasteiger partial charge in [0.05, 0.1) is 0 Å². The van der Waals surface area contributed by atoms with Crippen molar-refractivity contribution in [3.63, 3.8) is 0 Å². The van der Waals surface area contributed by atoms with Crippen molar-refractivity contribution in [2.75, 3.05) is 31.2 Å². The SMILES string of the molecule is CS(=O)c1ccc2c(c1)CCN(C1CCNCC1)C(C=O)N2. The topological polar surface area (TPSA) is 61.4 Å². The van der Waals surface area contributed by atoms with Gasteiger partial charge in [0.1, 0.15) is 6.17 Å². The number of aldehydes is 1. The van der Waals surface area contributed by atoms with Crippen LogP contribution in [0.1, 0.15) is 18.4 Å². The summed E-state index contributed by atoms with van der Waals surface area (Å²) in [7, 11) is -0.975. The van der Waals surface area contributed by atoms with E-state index < -0.39 is 10.8 Å². The number of carbonyl (C=O) groups excluding carboxylic acids is 1. The van der Waals surface area contributed by atoms with Gasteiger partial charge in [-0.2, -0.15) is 0 Å². The third-order valence-corrected chi connectivity index (χ3v) is 5.53. The Bertz CT molecular complexity index is 573. The van der Waals surface area contributed by atoms with Gasteiger partial charge in [0.15, 0.2) is 6.29 Å². The lowest BCUT2D eigenvalue weighted by molar-refractivity contribution is -0.112. The molecule has 2 aliphatic rings. The molecule has 0 saturated carbocycles. The summed E-state index contributed by atoms with van der Waals surface area (Å²) in [6.07, 6.45) is 5.45. The first-order chi connectivity index (χ1) is 10.7. The molecule has 1 fully saturated rings. The van der Waals surface area contributed by atoms with Crippen molar-refractivity contribution in [3.8, 4) is 0 Å². The van der Waals surface area contributed by atoms with E-state index in [-0.39, 0.29) is 6.17 Å². The molecule has 5 nitrogen and oxygen atoms in total. The molecular weight excluding hydrogens is 298 g/mol. The Morgan fingerprint density at radius 2 is 2.09 bits per heavy atom. The first-order valence-electron chi connectivity index (χ1n) is 7.83. The zero-order chi connectivity index (χ0) is 15.5. The second kappa shape index (κ2) is 6.89. The van der Waals surface area contributed by atoms with Crippen LogP contribution in [-0.4, -0.2) is 53.5 Å². The third-order valence-electron chi connectivity index (χ3n) is 4.62. The first kappa shape index (κ1) is 15.6. The molecule has 22 heavy (non-hydrogen) atoms. The summed E-state index contributed by atoms with van der Waals surface area (Å²) in [4.78, 5) is 14.7. The molecule has 0 aliphatic carbocycles. The number of nitrogens with zero attached hydrogens (tertiary/aromatic N) is 1. The number of piperidine rings is 1. The van der Waals surface area contributed by atoms with E-state index in [2.05, 4.69) is 15.5 Å². The number of carbonyl (C=O) groups is 1. The Morgan fingerprint density at radius 1 is 1.32 bits per heavy atom. The zero-order valence-electron chi connectivity index (χ0n) is 12.9. The van der Waals surface area contributed by atoms with E-state index >= 15 is 0 Å². The molecule has 2 unspecified atom stereocenters. The van der Waals surface area contributed by atoms with Crippen LogP contribution in [-0.2, 0) is 22.0 Å². The molecule has 1 aromatic rings. The van der Waals surface area contributed by atoms with Crippen LogP contribution in [0.5, 0.6) is 0 Å². The lowest BCUT2D eigenvalue weighted by Gasteiger charge is -2.37. The second-order valence-corrected chi connectivity index (χ2v) is 7.35. The second-order valence-electron chi connectivity index (χ2n) is 5.97. The summed E-state index contributed by atoms with van der Waals surface area (Å²) in [6, 6.07) is 6.28. The van der Waals surface area contributed by atoms with E-state index in [1.165, 1.54) is 0 Å². The van der Waals surface area contributed by atoms with Gasteiger partial charge in [0, 0.05) is 40.2 Å². The van der Waals surface area contributed by atoms with Gasteiger partial charge in [-0.25, -0.2) is 0 Å². The largest absolute Gasteiger partial charge is 0.363 e. The number of rotatable bonds is 3. The van der Waals surface area contributed by atoms with Crippen LogP contribution < -0.4 is 10.6 Å². The standard InChI is InChI=1S/C16H23N3O2S/c1-22(21)14-2-3-15-12(10-14)6-9-19(16(11-20)18-15)13-4-7-17-8-5-13/h2-3,10-11,13,16-18H,4-9H2,1H3. The van der Waals surface area contributed by atoms with Crippen molar-refractivity contribution in [1.29, 1.82) is 0 Å². The highest BCUT2D eigenvalue weighted by atomic mass is 32.2. The molecule has 0 spiro atoms. The minimum Gasteiger partial charge on any atom is -0.363 e. The predicted octanol–water partition coefficient (Wildman–Crippen LogP) is 0.971. The molecular formula is C16H23N3O2S. The molecule has 2 N–H and O–H groups in total. The summed E-state index contributed by atoms with van der Waals surface area (Å²) in [5.41, 5.74) is 2.14. The minimum atomic E-state index is -0.975. The van der Waals surface area contributed by atoms with Gasteiger partial charge in [0.2, 0.25) is 0 Å². The van der Waals surface area contributed by atoms with E-state index in [1.54, 1.807) is 6.26 Å². The van der Waals surface area contributed by atoms with Gasteiger partial charge in [0.25, 0.3) is 0 Å². The number of hydrogen-bond acceptors (Lipinski definition) is 5. The van der Waals surface area contributed by atoms with E-state index in [0.29, 0.717) is 6.04 Å². The summed E-state index contributed by atoms with van der Waals surface area (Å²) in [5, 5.41) is 6.73. The Morgan fingerprint density at radius 3 is 2.77 bits per heavy atom. The molecule has 120 valence electrons. The van der Waals surface area contributed by atoms with Crippen molar-refractivity contribution in [2.24, 2.45) is 0 Å². The van der Waals surface area contributed by atoms with Crippen LogP contribution in [0.15, 0.2) is 23.1 Å². The number of fused-ring (bicyclic) bond motifs is 1. The molecule has 1 saturated heterocycles. The normalized spacial score (nSPS) is 24.9. The van der Waals surface area contributed by atoms with Crippen LogP contribution in [0.2, 0.25) is 0 Å². The molecule has 0 aromatic heterocycles. The fraction of sp³-hybridized carbons (Fsp3) is 0.562. The molecule has 0 amide bonds. The molecule has 2 heterocycles. The Hall–Kier alpha value is -1.24. The quantitative estimate of drug-likeness (QED) is 0.813. The van der Waals surface area contributed by atoms with Crippen LogP contribution in [0.25, 0.3) is 0 Å². The average molecular weight is 321 g/mol. The molecule has 2 aliphatic heterocycles. The molecule has 0 bridgehead atoms. The highest BCUT2D eigenvalue weighted by molar-refractivity contribution is 7.84. The van der Waals surface area contributed by atoms with E-state index in [1.807, 2.05) is 18.2 Å². The van der Waals surface area contributed by atoms with Crippen molar-refractivity contribution < 1.29 is 9.00 Å². The van der Waals surface area contributed by atoms with Gasteiger partial charge >= 0.3 is 0 Å². The maximum atomic E-state index is 11.7. The van der Waals surface area contributed by atoms with Gasteiger partial charge in [-0.05, 0) is 56.1 Å². The highest BCUT2D eigenvalue weighted by Gasteiger charge is 2.29. The first-order valence-corrected chi connectivity index (χ1v) is 9.39. The van der Waals surface area contributed by atoms with Gasteiger partial charge in [-0.3, -0.25) is 13.9 Å². The molecule has 0 radical (unpaired) electrons. The average Bonchev–Trinajstić information content (AvgIpc) is 2.74. The minimum absolute atomic E-state index is 0.276. The van der Waals surface area contributed by atoms with Crippen LogP contribution >= 0.6 is 0 Å². The van der Waals surface area contributed by atoms with Gasteiger partial charge in [-0.1, -0.05) is 0 Å². The van der Waals surface area contributed by atoms with E-state index in [0.717, 1.165) is 61.3 Å². The van der Waals surface area contributed by atoms with Gasteiger partial charge < -0.3 is 10.6 Å². The maximum Gasteiger partial charge on any atom is 0.157 e. The lowest BCUT2D eigenvalue weighted by Crippen LogP contribution is -2.51. The van der Waals surface area contributed by atoms with Crippen molar-refractivity contribution in [3.05, 3.63) is 23.8 Å². The predicted molar refractivity (Wildman–Crippen MR) is 88.6 cm³/mol. The summed E-state index contributed by atoms with van der Waals surface area (Å²) >= 11 is 0. The summed E-state index contributed by atoms with van der Waals surface area (Å²) in [6.45, 7) is 2.88. The zero-order valence-corrected chi connectivity index (χ0v) is 13.7. The van der Waals surface area contributed by atoms with Gasteiger partial charge in [-0.15, -0.1) is 0 Å². The Labute approximate surface area is 133 Å². The fourth-order valence-electron chi connectivity index (χ4n) is 3.39. The van der Waals surface area contributed by atoms with Crippen LogP contribution in [0, 0.1) is 0 Å². The summed E-state index contributed by atoms with van der Waals surface area (Å²) < 4.78 is 11.7. The number of benzene rings is 1. The number of nitrogens with one attached hydrogen (secondary N) is 2. The smallest absolute Gasteiger partial charge is 0.157 e. The Balaban J connectivity index is 1.84. The molecule has 6 heteroatoms. The number of anilines is 1. The lowest BCUT2D eigenvalue weighted by atomic mass is 10.0. The molecule has 2 atom stereocenters. The van der Waals surface area contributed by atoms with E-state index in [4.69, 9.17) is 0 Å². The third kappa shape index (κ3) is 3.24. The monoisotopic (exact) mass is 321 g/mol. The maximum absolute atomic E-state index is 11.7. The fourth-order valence-corrected chi connectivity index (χ4v) is 3.96. The van der Waals surface area contributed by atoms with Crippen LogP contribution in [0.3, 0.4) is 0 Å².